The minimum Gasteiger partial charge on any atom is -0.317 e. The molecular formula is C17H17F3N6O. The van der Waals surface area contributed by atoms with E-state index in [0.717, 1.165) is 24.6 Å². The van der Waals surface area contributed by atoms with Crippen LogP contribution in [0.15, 0.2) is 12.1 Å². The Morgan fingerprint density at radius 2 is 1.93 bits per heavy atom. The highest BCUT2D eigenvalue weighted by atomic mass is 19.4. The number of hydrogen-bond acceptors (Lipinski definition) is 4. The Hall–Kier alpha value is -2.91. The van der Waals surface area contributed by atoms with E-state index in [4.69, 9.17) is 0 Å². The molecule has 1 aliphatic carbocycles. The molecule has 1 saturated carbocycles. The van der Waals surface area contributed by atoms with Gasteiger partial charge in [0.2, 0.25) is 0 Å². The first-order chi connectivity index (χ1) is 12.6. The first-order valence-corrected chi connectivity index (χ1v) is 8.44. The van der Waals surface area contributed by atoms with Gasteiger partial charge in [-0.1, -0.05) is 0 Å². The molecule has 0 aromatic carbocycles. The fourth-order valence-corrected chi connectivity index (χ4v) is 3.03. The van der Waals surface area contributed by atoms with Crippen LogP contribution in [0.1, 0.15) is 52.0 Å². The number of alkyl halides is 3. The van der Waals surface area contributed by atoms with Crippen molar-refractivity contribution in [1.82, 2.24) is 24.4 Å². The number of anilines is 1. The largest absolute Gasteiger partial charge is 0.433 e. The first-order valence-electron chi connectivity index (χ1n) is 8.44. The van der Waals surface area contributed by atoms with Crippen LogP contribution >= 0.6 is 0 Å². The van der Waals surface area contributed by atoms with Gasteiger partial charge >= 0.3 is 6.18 Å². The topological polar surface area (TPSA) is 77.1 Å². The van der Waals surface area contributed by atoms with Crippen molar-refractivity contribution in [3.63, 3.8) is 0 Å². The van der Waals surface area contributed by atoms with Crippen LogP contribution in [0.3, 0.4) is 0 Å². The lowest BCUT2D eigenvalue weighted by Crippen LogP contribution is -2.16. The van der Waals surface area contributed by atoms with Crippen molar-refractivity contribution in [3.05, 3.63) is 40.6 Å². The molecule has 0 atom stereocenters. The Kier molecular flexibility index (Phi) is 3.76. The van der Waals surface area contributed by atoms with Crippen molar-refractivity contribution in [3.8, 4) is 0 Å². The van der Waals surface area contributed by atoms with Crippen LogP contribution in [0, 0.1) is 13.8 Å². The van der Waals surface area contributed by atoms with Crippen LogP contribution in [-0.4, -0.2) is 30.3 Å². The van der Waals surface area contributed by atoms with E-state index < -0.39 is 17.8 Å². The number of aryl methyl sites for hydroxylation is 2. The second kappa shape index (κ2) is 5.80. The lowest BCUT2D eigenvalue weighted by atomic mass is 10.2. The molecule has 1 fully saturated rings. The van der Waals surface area contributed by atoms with Crippen molar-refractivity contribution >= 4 is 17.2 Å². The average Bonchev–Trinajstić information content (AvgIpc) is 3.30. The third-order valence-corrected chi connectivity index (χ3v) is 4.71. The van der Waals surface area contributed by atoms with Gasteiger partial charge in [0.1, 0.15) is 5.69 Å². The Morgan fingerprint density at radius 3 is 2.48 bits per heavy atom. The quantitative estimate of drug-likeness (QED) is 0.759. The summed E-state index contributed by atoms with van der Waals surface area (Å²) in [5.41, 5.74) is 1.19. The summed E-state index contributed by atoms with van der Waals surface area (Å²) in [6.45, 7) is 3.52. The zero-order chi connectivity index (χ0) is 19.5. The average molecular weight is 378 g/mol. The SMILES string of the molecule is Cc1nn(C)c(C)c1NC(=O)c1cc2nc(C3CC3)cc(C(F)(F)F)n2n1. The zero-order valence-corrected chi connectivity index (χ0v) is 14.9. The third kappa shape index (κ3) is 3.04. The van der Waals surface area contributed by atoms with Crippen molar-refractivity contribution in [2.24, 2.45) is 7.05 Å². The van der Waals surface area contributed by atoms with E-state index in [2.05, 4.69) is 20.5 Å². The summed E-state index contributed by atoms with van der Waals surface area (Å²) in [4.78, 5) is 16.8. The van der Waals surface area contributed by atoms with Crippen LogP contribution in [0.5, 0.6) is 0 Å². The van der Waals surface area contributed by atoms with E-state index in [1.54, 1.807) is 25.6 Å². The van der Waals surface area contributed by atoms with Gasteiger partial charge in [-0.15, -0.1) is 0 Å². The predicted octanol–water partition coefficient (Wildman–Crippen LogP) is 3.23. The van der Waals surface area contributed by atoms with Gasteiger partial charge in [0.15, 0.2) is 11.3 Å². The second-order valence-corrected chi connectivity index (χ2v) is 6.76. The van der Waals surface area contributed by atoms with Crippen molar-refractivity contribution in [1.29, 1.82) is 0 Å². The highest BCUT2D eigenvalue weighted by Crippen LogP contribution is 2.41. The smallest absolute Gasteiger partial charge is 0.317 e. The van der Waals surface area contributed by atoms with Gasteiger partial charge < -0.3 is 5.32 Å². The molecule has 0 spiro atoms. The normalized spacial score (nSPS) is 14.7. The number of fused-ring (bicyclic) bond motifs is 1. The number of rotatable bonds is 3. The molecule has 1 N–H and O–H groups in total. The van der Waals surface area contributed by atoms with Gasteiger partial charge in [-0.05, 0) is 32.8 Å². The van der Waals surface area contributed by atoms with Crippen LogP contribution in [0.4, 0.5) is 18.9 Å². The van der Waals surface area contributed by atoms with E-state index in [1.165, 1.54) is 6.07 Å². The van der Waals surface area contributed by atoms with Gasteiger partial charge in [0.05, 0.1) is 17.1 Å². The molecule has 3 aromatic rings. The molecule has 1 aliphatic rings. The summed E-state index contributed by atoms with van der Waals surface area (Å²) in [5, 5.41) is 10.7. The van der Waals surface area contributed by atoms with Gasteiger partial charge in [0, 0.05) is 24.7 Å². The Balaban J connectivity index is 1.75. The molecule has 0 radical (unpaired) electrons. The maximum absolute atomic E-state index is 13.4. The number of nitrogens with one attached hydrogen (secondary N) is 1. The number of carbonyl (C=O) groups is 1. The minimum absolute atomic E-state index is 0.0107. The summed E-state index contributed by atoms with van der Waals surface area (Å²) in [7, 11) is 1.74. The minimum atomic E-state index is -4.60. The summed E-state index contributed by atoms with van der Waals surface area (Å²) in [6.07, 6.45) is -2.95. The summed E-state index contributed by atoms with van der Waals surface area (Å²) in [5.74, 6) is -0.565. The summed E-state index contributed by atoms with van der Waals surface area (Å²) >= 11 is 0. The fourth-order valence-electron chi connectivity index (χ4n) is 3.03. The second-order valence-electron chi connectivity index (χ2n) is 6.76. The number of halogens is 3. The molecule has 4 rings (SSSR count). The van der Waals surface area contributed by atoms with Crippen molar-refractivity contribution < 1.29 is 18.0 Å². The predicted molar refractivity (Wildman–Crippen MR) is 90.6 cm³/mol. The Morgan fingerprint density at radius 1 is 1.22 bits per heavy atom. The molecule has 7 nitrogen and oxygen atoms in total. The van der Waals surface area contributed by atoms with Crippen LogP contribution in [0.25, 0.3) is 5.65 Å². The molecule has 0 saturated heterocycles. The van der Waals surface area contributed by atoms with Crippen molar-refractivity contribution in [2.45, 2.75) is 38.8 Å². The first kappa shape index (κ1) is 17.5. The molecule has 0 bridgehead atoms. The van der Waals surface area contributed by atoms with E-state index in [9.17, 15) is 18.0 Å². The van der Waals surface area contributed by atoms with Gasteiger partial charge in [-0.25, -0.2) is 9.50 Å². The molecule has 0 aliphatic heterocycles. The lowest BCUT2D eigenvalue weighted by Gasteiger charge is -2.10. The standard InChI is InChI=1S/C17H17F3N6O/c1-8-15(9(2)25(3)23-8)22-16(27)12-7-14-21-11(10-4-5-10)6-13(17(18,19)20)26(14)24-12/h6-7,10H,4-5H2,1-3H3,(H,22,27). The van der Waals surface area contributed by atoms with Crippen LogP contribution in [0.2, 0.25) is 0 Å². The summed E-state index contributed by atoms with van der Waals surface area (Å²) < 4.78 is 42.6. The van der Waals surface area contributed by atoms with E-state index in [0.29, 0.717) is 21.6 Å². The fraction of sp³-hybridized carbons (Fsp3) is 0.412. The van der Waals surface area contributed by atoms with E-state index in [-0.39, 0.29) is 17.3 Å². The Labute approximate surface area is 152 Å². The maximum Gasteiger partial charge on any atom is 0.433 e. The zero-order valence-electron chi connectivity index (χ0n) is 14.9. The van der Waals surface area contributed by atoms with Crippen LogP contribution in [-0.2, 0) is 13.2 Å². The summed E-state index contributed by atoms with van der Waals surface area (Å²) in [6, 6.07) is 2.30. The number of aromatic nitrogens is 5. The highest BCUT2D eigenvalue weighted by molar-refractivity contribution is 6.04. The van der Waals surface area contributed by atoms with E-state index >= 15 is 0 Å². The molecule has 0 unspecified atom stereocenters. The molecule has 142 valence electrons. The lowest BCUT2D eigenvalue weighted by molar-refractivity contribution is -0.142. The monoisotopic (exact) mass is 378 g/mol. The number of carbonyl (C=O) groups excluding carboxylic acids is 1. The number of amides is 1. The number of hydrogen-bond donors (Lipinski definition) is 1. The van der Waals surface area contributed by atoms with Gasteiger partial charge in [-0.3, -0.25) is 9.48 Å². The maximum atomic E-state index is 13.4. The molecule has 10 heteroatoms. The van der Waals surface area contributed by atoms with Crippen LogP contribution < -0.4 is 5.32 Å². The van der Waals surface area contributed by atoms with Gasteiger partial charge in [-0.2, -0.15) is 23.4 Å². The van der Waals surface area contributed by atoms with E-state index in [1.807, 2.05) is 0 Å². The molecule has 3 aromatic heterocycles. The molecule has 1 amide bonds. The van der Waals surface area contributed by atoms with Gasteiger partial charge in [0.25, 0.3) is 5.91 Å². The third-order valence-electron chi connectivity index (χ3n) is 4.71. The van der Waals surface area contributed by atoms with Crippen molar-refractivity contribution in [2.75, 3.05) is 5.32 Å². The number of nitrogens with zero attached hydrogens (tertiary/aromatic N) is 5. The Bertz CT molecular complexity index is 1060. The molecule has 27 heavy (non-hydrogen) atoms. The molecule has 3 heterocycles. The molecular weight excluding hydrogens is 361 g/mol. The highest BCUT2D eigenvalue weighted by Gasteiger charge is 2.37.